The largest absolute Gasteiger partial charge is 0.501 e. The summed E-state index contributed by atoms with van der Waals surface area (Å²) in [5.74, 6) is 0. The molecule has 0 aromatic rings. The zero-order valence-corrected chi connectivity index (χ0v) is 8.66. The Hall–Kier alpha value is -0.520. The molecule has 0 rings (SSSR count). The molecule has 0 aliphatic heterocycles. The molecule has 0 radical (unpaired) electrons. The Morgan fingerprint density at radius 1 is 1.21 bits per heavy atom. The van der Waals surface area contributed by atoms with Crippen molar-refractivity contribution in [2.45, 2.75) is 38.1 Å². The number of alkyl halides is 3. The van der Waals surface area contributed by atoms with E-state index in [4.69, 9.17) is 0 Å². The van der Waals surface area contributed by atoms with Crippen molar-refractivity contribution in [3.63, 3.8) is 0 Å². The molecular weight excluding hydrogens is 217 g/mol. The summed E-state index contributed by atoms with van der Waals surface area (Å²) in [6.45, 7) is 1.95. The van der Waals surface area contributed by atoms with Crippen molar-refractivity contribution < 1.29 is 21.6 Å². The van der Waals surface area contributed by atoms with E-state index in [0.717, 1.165) is 18.9 Å². The molecule has 0 spiro atoms. The second-order valence-corrected chi connectivity index (χ2v) is 4.68. The summed E-state index contributed by atoms with van der Waals surface area (Å²) in [6, 6.07) is 0. The molecule has 0 atom stereocenters. The van der Waals surface area contributed by atoms with Gasteiger partial charge in [0.2, 0.25) is 0 Å². The van der Waals surface area contributed by atoms with Crippen LogP contribution in [0, 0.1) is 0 Å². The number of sulfone groups is 1. The molecule has 0 N–H and O–H groups in total. The van der Waals surface area contributed by atoms with E-state index in [2.05, 4.69) is 0 Å². The van der Waals surface area contributed by atoms with Gasteiger partial charge in [-0.3, -0.25) is 0 Å². The first-order valence-corrected chi connectivity index (χ1v) is 5.84. The Morgan fingerprint density at radius 3 is 2.21 bits per heavy atom. The smallest absolute Gasteiger partial charge is 0.215 e. The van der Waals surface area contributed by atoms with Crippen molar-refractivity contribution in [3.8, 4) is 0 Å². The van der Waals surface area contributed by atoms with Gasteiger partial charge in [-0.2, -0.15) is 13.2 Å². The zero-order chi connectivity index (χ0) is 11.2. The van der Waals surface area contributed by atoms with Crippen LogP contribution in [0.15, 0.2) is 11.5 Å². The molecule has 0 bridgehead atoms. The number of halogens is 3. The van der Waals surface area contributed by atoms with Crippen LogP contribution in [-0.4, -0.2) is 13.9 Å². The number of rotatable bonds is 5. The molecule has 0 saturated heterocycles. The maximum atomic E-state index is 11.8. The highest BCUT2D eigenvalue weighted by atomic mass is 32.2. The Morgan fingerprint density at radius 2 is 1.79 bits per heavy atom. The average Bonchev–Trinajstić information content (AvgIpc) is 2.02. The van der Waals surface area contributed by atoms with Crippen LogP contribution in [0.4, 0.5) is 13.2 Å². The lowest BCUT2D eigenvalue weighted by Crippen LogP contribution is -2.20. The summed E-state index contributed by atoms with van der Waals surface area (Å²) < 4.78 is 56.3. The van der Waals surface area contributed by atoms with Crippen molar-refractivity contribution in [2.24, 2.45) is 0 Å². The number of allylic oxidation sites excluding steroid dienone is 1. The molecule has 14 heavy (non-hydrogen) atoms. The molecule has 2 nitrogen and oxygen atoms in total. The van der Waals surface area contributed by atoms with E-state index in [1.54, 1.807) is 0 Å². The Bertz CT molecular complexity index is 277. The van der Waals surface area contributed by atoms with Gasteiger partial charge in [-0.1, -0.05) is 25.8 Å². The molecule has 0 heterocycles. The number of hydrogen-bond donors (Lipinski definition) is 0. The molecule has 0 aliphatic carbocycles. The minimum absolute atomic E-state index is 0.239. The van der Waals surface area contributed by atoms with Crippen LogP contribution < -0.4 is 0 Å². The van der Waals surface area contributed by atoms with Gasteiger partial charge in [-0.05, 0) is 12.8 Å². The molecule has 0 saturated carbocycles. The first-order valence-electron chi connectivity index (χ1n) is 4.29. The van der Waals surface area contributed by atoms with Gasteiger partial charge < -0.3 is 0 Å². The SMILES string of the molecule is CCCCC/C=C/S(=O)(=O)C(F)(F)F. The third kappa shape index (κ3) is 4.64. The van der Waals surface area contributed by atoms with E-state index < -0.39 is 15.3 Å². The minimum atomic E-state index is -5.17. The van der Waals surface area contributed by atoms with Gasteiger partial charge in [-0.25, -0.2) is 8.42 Å². The number of hydrogen-bond acceptors (Lipinski definition) is 2. The van der Waals surface area contributed by atoms with Crippen molar-refractivity contribution in [3.05, 3.63) is 11.5 Å². The second-order valence-electron chi connectivity index (χ2n) is 2.86. The maximum Gasteiger partial charge on any atom is 0.501 e. The molecule has 0 aliphatic rings. The summed E-state index contributed by atoms with van der Waals surface area (Å²) >= 11 is 0. The van der Waals surface area contributed by atoms with Crippen LogP contribution in [0.5, 0.6) is 0 Å². The van der Waals surface area contributed by atoms with Crippen molar-refractivity contribution >= 4 is 9.84 Å². The highest BCUT2D eigenvalue weighted by molar-refractivity contribution is 7.95. The number of unbranched alkanes of at least 4 members (excludes halogenated alkanes) is 3. The van der Waals surface area contributed by atoms with Gasteiger partial charge in [-0.15, -0.1) is 0 Å². The second kappa shape index (κ2) is 5.38. The Kier molecular flexibility index (Phi) is 5.18. The van der Waals surface area contributed by atoms with E-state index in [1.807, 2.05) is 6.92 Å². The van der Waals surface area contributed by atoms with Gasteiger partial charge in [0.25, 0.3) is 9.84 Å². The summed E-state index contributed by atoms with van der Waals surface area (Å²) in [5, 5.41) is 0.239. The molecule has 0 aromatic carbocycles. The lowest BCUT2D eigenvalue weighted by atomic mass is 10.2. The van der Waals surface area contributed by atoms with Crippen molar-refractivity contribution in [1.29, 1.82) is 0 Å². The zero-order valence-electron chi connectivity index (χ0n) is 7.84. The van der Waals surface area contributed by atoms with E-state index in [9.17, 15) is 21.6 Å². The first kappa shape index (κ1) is 13.5. The van der Waals surface area contributed by atoms with Crippen LogP contribution >= 0.6 is 0 Å². The van der Waals surface area contributed by atoms with Gasteiger partial charge in [0.15, 0.2) is 0 Å². The van der Waals surface area contributed by atoms with Crippen LogP contribution in [0.25, 0.3) is 0 Å². The Balaban J connectivity index is 4.12. The monoisotopic (exact) mass is 230 g/mol. The molecule has 0 unspecified atom stereocenters. The van der Waals surface area contributed by atoms with Crippen LogP contribution in [-0.2, 0) is 9.84 Å². The van der Waals surface area contributed by atoms with E-state index in [-0.39, 0.29) is 5.41 Å². The third-order valence-corrected chi connectivity index (χ3v) is 2.77. The van der Waals surface area contributed by atoms with Crippen molar-refractivity contribution in [2.75, 3.05) is 0 Å². The quantitative estimate of drug-likeness (QED) is 0.680. The highest BCUT2D eigenvalue weighted by Crippen LogP contribution is 2.24. The van der Waals surface area contributed by atoms with Gasteiger partial charge in [0, 0.05) is 5.41 Å². The maximum absolute atomic E-state index is 11.8. The Labute approximate surface area is 81.7 Å². The van der Waals surface area contributed by atoms with Crippen LogP contribution in [0.2, 0.25) is 0 Å². The third-order valence-electron chi connectivity index (χ3n) is 1.57. The van der Waals surface area contributed by atoms with E-state index >= 15 is 0 Å². The lowest BCUT2D eigenvalue weighted by Gasteiger charge is -2.02. The molecule has 0 amide bonds. The van der Waals surface area contributed by atoms with Crippen LogP contribution in [0.1, 0.15) is 32.6 Å². The molecule has 0 aromatic heterocycles. The predicted molar refractivity (Wildman–Crippen MR) is 48.3 cm³/mol. The molecule has 0 fully saturated rings. The summed E-state index contributed by atoms with van der Waals surface area (Å²) in [6.07, 6.45) is 3.96. The fourth-order valence-corrected chi connectivity index (χ4v) is 1.33. The molecule has 84 valence electrons. The molecular formula is C8H13F3O2S. The van der Waals surface area contributed by atoms with Crippen LogP contribution in [0.3, 0.4) is 0 Å². The van der Waals surface area contributed by atoms with Gasteiger partial charge in [0.1, 0.15) is 0 Å². The van der Waals surface area contributed by atoms with E-state index in [0.29, 0.717) is 12.8 Å². The summed E-state index contributed by atoms with van der Waals surface area (Å²) in [5.41, 5.74) is -5.17. The summed E-state index contributed by atoms with van der Waals surface area (Å²) in [7, 11) is -5.07. The van der Waals surface area contributed by atoms with Crippen molar-refractivity contribution in [1.82, 2.24) is 0 Å². The van der Waals surface area contributed by atoms with Gasteiger partial charge >= 0.3 is 5.51 Å². The molecule has 6 heteroatoms. The normalized spacial score (nSPS) is 13.7. The predicted octanol–water partition coefficient (Wildman–Crippen LogP) is 3.02. The fraction of sp³-hybridized carbons (Fsp3) is 0.750. The van der Waals surface area contributed by atoms with Gasteiger partial charge in [0.05, 0.1) is 0 Å². The first-order chi connectivity index (χ1) is 6.31. The highest BCUT2D eigenvalue weighted by Gasteiger charge is 2.43. The fourth-order valence-electron chi connectivity index (χ4n) is 0.784. The average molecular weight is 230 g/mol. The topological polar surface area (TPSA) is 34.1 Å². The van der Waals surface area contributed by atoms with E-state index in [1.165, 1.54) is 0 Å². The lowest BCUT2D eigenvalue weighted by molar-refractivity contribution is -0.0423. The summed E-state index contributed by atoms with van der Waals surface area (Å²) in [4.78, 5) is 0. The standard InChI is InChI=1S/C8H13F3O2S/c1-2-3-4-5-6-7-14(12,13)8(9,10)11/h6-7H,2-5H2,1H3/b7-6+. The minimum Gasteiger partial charge on any atom is -0.215 e.